The molecule has 0 aliphatic heterocycles. The van der Waals surface area contributed by atoms with Crippen LogP contribution >= 0.6 is 0 Å². The third kappa shape index (κ3) is 2.86. The van der Waals surface area contributed by atoms with Gasteiger partial charge in [0.1, 0.15) is 5.54 Å². The maximum Gasteiger partial charge on any atom is 0.242 e. The van der Waals surface area contributed by atoms with Gasteiger partial charge in [0.15, 0.2) is 0 Å². The van der Waals surface area contributed by atoms with E-state index in [1.165, 1.54) is 5.56 Å². The minimum Gasteiger partial charge on any atom is -0.368 e. The van der Waals surface area contributed by atoms with Crippen molar-refractivity contribution in [1.29, 1.82) is 0 Å². The van der Waals surface area contributed by atoms with Gasteiger partial charge in [-0.2, -0.15) is 0 Å². The van der Waals surface area contributed by atoms with Crippen LogP contribution in [0.4, 0.5) is 0 Å². The molecule has 3 N–H and O–H groups in total. The normalized spacial score (nSPS) is 14.3. The zero-order valence-corrected chi connectivity index (χ0v) is 10.9. The van der Waals surface area contributed by atoms with Crippen molar-refractivity contribution in [2.75, 3.05) is 6.54 Å². The number of carbonyl (C=O) groups excluding carboxylic acids is 1. The van der Waals surface area contributed by atoms with Crippen LogP contribution in [-0.4, -0.2) is 12.5 Å². The van der Waals surface area contributed by atoms with Gasteiger partial charge in [0.05, 0.1) is 0 Å². The number of amides is 1. The molecule has 1 amide bonds. The lowest BCUT2D eigenvalue weighted by molar-refractivity contribution is -0.125. The van der Waals surface area contributed by atoms with Gasteiger partial charge < -0.3 is 5.73 Å². The summed E-state index contributed by atoms with van der Waals surface area (Å²) in [7, 11) is 0. The monoisotopic (exact) mass is 234 g/mol. The summed E-state index contributed by atoms with van der Waals surface area (Å²) in [5.74, 6) is -0.308. The number of benzene rings is 1. The quantitative estimate of drug-likeness (QED) is 0.792. The van der Waals surface area contributed by atoms with Crippen LogP contribution in [0.3, 0.4) is 0 Å². The molecular weight excluding hydrogens is 212 g/mol. The van der Waals surface area contributed by atoms with Gasteiger partial charge in [0, 0.05) is 0 Å². The topological polar surface area (TPSA) is 55.1 Å². The highest BCUT2D eigenvalue weighted by Crippen LogP contribution is 2.25. The van der Waals surface area contributed by atoms with Gasteiger partial charge in [-0.15, -0.1) is 0 Å². The van der Waals surface area contributed by atoms with Crippen molar-refractivity contribution in [3.8, 4) is 0 Å². The van der Waals surface area contributed by atoms with Crippen LogP contribution in [-0.2, 0) is 10.3 Å². The van der Waals surface area contributed by atoms with Gasteiger partial charge in [0.25, 0.3) is 0 Å². The molecule has 0 heterocycles. The predicted octanol–water partition coefficient (Wildman–Crippen LogP) is 2.09. The Kier molecular flexibility index (Phi) is 4.70. The van der Waals surface area contributed by atoms with E-state index in [-0.39, 0.29) is 5.91 Å². The standard InChI is InChI=1S/C14H22N2O/c1-4-10-16-14(5-2,13(15)17)12-8-6-11(3)7-9-12/h6-9,16H,4-5,10H2,1-3H3,(H2,15,17). The van der Waals surface area contributed by atoms with E-state index in [2.05, 4.69) is 12.2 Å². The Labute approximate surface area is 103 Å². The Morgan fingerprint density at radius 2 is 1.88 bits per heavy atom. The molecule has 0 fully saturated rings. The van der Waals surface area contributed by atoms with Gasteiger partial charge in [-0.1, -0.05) is 43.7 Å². The van der Waals surface area contributed by atoms with Crippen molar-refractivity contribution in [3.05, 3.63) is 35.4 Å². The molecule has 3 nitrogen and oxygen atoms in total. The minimum atomic E-state index is -0.732. The van der Waals surface area contributed by atoms with Crippen LogP contribution in [0.5, 0.6) is 0 Å². The highest BCUT2D eigenvalue weighted by molar-refractivity contribution is 5.86. The van der Waals surface area contributed by atoms with Crippen molar-refractivity contribution >= 4 is 5.91 Å². The van der Waals surface area contributed by atoms with Crippen LogP contribution < -0.4 is 11.1 Å². The Bertz CT molecular complexity index is 372. The van der Waals surface area contributed by atoms with E-state index in [9.17, 15) is 4.79 Å². The van der Waals surface area contributed by atoms with Crippen molar-refractivity contribution in [2.45, 2.75) is 39.2 Å². The maximum absolute atomic E-state index is 11.8. The molecule has 3 heteroatoms. The molecule has 0 saturated heterocycles. The SMILES string of the molecule is CCCNC(CC)(C(N)=O)c1ccc(C)cc1. The molecule has 0 aromatic heterocycles. The highest BCUT2D eigenvalue weighted by Gasteiger charge is 2.35. The van der Waals surface area contributed by atoms with E-state index in [1.54, 1.807) is 0 Å². The molecule has 1 aromatic rings. The largest absolute Gasteiger partial charge is 0.368 e. The molecule has 1 unspecified atom stereocenters. The second-order valence-corrected chi connectivity index (χ2v) is 4.42. The average molecular weight is 234 g/mol. The predicted molar refractivity (Wildman–Crippen MR) is 70.6 cm³/mol. The van der Waals surface area contributed by atoms with Gasteiger partial charge in [-0.3, -0.25) is 10.1 Å². The van der Waals surface area contributed by atoms with Gasteiger partial charge in [-0.05, 0) is 31.9 Å². The minimum absolute atomic E-state index is 0.308. The lowest BCUT2D eigenvalue weighted by Crippen LogP contribution is -2.52. The van der Waals surface area contributed by atoms with Crippen molar-refractivity contribution < 1.29 is 4.79 Å². The Morgan fingerprint density at radius 1 is 1.29 bits per heavy atom. The molecule has 0 aliphatic carbocycles. The third-order valence-electron chi connectivity index (χ3n) is 3.17. The molecule has 17 heavy (non-hydrogen) atoms. The fourth-order valence-electron chi connectivity index (χ4n) is 2.01. The van der Waals surface area contributed by atoms with Crippen molar-refractivity contribution in [2.24, 2.45) is 5.73 Å². The third-order valence-corrected chi connectivity index (χ3v) is 3.17. The summed E-state index contributed by atoms with van der Waals surface area (Å²) >= 11 is 0. The zero-order valence-electron chi connectivity index (χ0n) is 10.9. The Hall–Kier alpha value is -1.35. The number of nitrogens with one attached hydrogen (secondary N) is 1. The fourth-order valence-corrected chi connectivity index (χ4v) is 2.01. The highest BCUT2D eigenvalue weighted by atomic mass is 16.1. The second-order valence-electron chi connectivity index (χ2n) is 4.42. The number of hydrogen-bond donors (Lipinski definition) is 2. The number of nitrogens with two attached hydrogens (primary N) is 1. The molecule has 1 atom stereocenters. The summed E-state index contributed by atoms with van der Waals surface area (Å²) in [6, 6.07) is 7.98. The summed E-state index contributed by atoms with van der Waals surface area (Å²) in [5, 5.41) is 3.29. The molecular formula is C14H22N2O. The lowest BCUT2D eigenvalue weighted by atomic mass is 9.86. The van der Waals surface area contributed by atoms with E-state index in [0.29, 0.717) is 6.42 Å². The van der Waals surface area contributed by atoms with Crippen LogP contribution in [0.1, 0.15) is 37.8 Å². The summed E-state index contributed by atoms with van der Waals surface area (Å²) in [4.78, 5) is 11.8. The average Bonchev–Trinajstić information content (AvgIpc) is 2.32. The van der Waals surface area contributed by atoms with E-state index < -0.39 is 5.54 Å². The van der Waals surface area contributed by atoms with Gasteiger partial charge >= 0.3 is 0 Å². The first-order chi connectivity index (χ1) is 8.06. The summed E-state index contributed by atoms with van der Waals surface area (Å²) < 4.78 is 0. The van der Waals surface area contributed by atoms with Gasteiger partial charge in [0.2, 0.25) is 5.91 Å². The molecule has 0 spiro atoms. The number of rotatable bonds is 6. The fraction of sp³-hybridized carbons (Fsp3) is 0.500. The van der Waals surface area contributed by atoms with Crippen LogP contribution in [0.2, 0.25) is 0 Å². The molecule has 1 rings (SSSR count). The van der Waals surface area contributed by atoms with Crippen molar-refractivity contribution in [1.82, 2.24) is 5.32 Å². The van der Waals surface area contributed by atoms with E-state index in [4.69, 9.17) is 5.73 Å². The number of hydrogen-bond acceptors (Lipinski definition) is 2. The van der Waals surface area contributed by atoms with E-state index in [1.807, 2.05) is 38.1 Å². The Balaban J connectivity index is 3.12. The first-order valence-corrected chi connectivity index (χ1v) is 6.19. The molecule has 0 aliphatic rings. The number of carbonyl (C=O) groups is 1. The van der Waals surface area contributed by atoms with Crippen LogP contribution in [0, 0.1) is 6.92 Å². The molecule has 0 radical (unpaired) electrons. The molecule has 1 aromatic carbocycles. The van der Waals surface area contributed by atoms with Crippen molar-refractivity contribution in [3.63, 3.8) is 0 Å². The van der Waals surface area contributed by atoms with E-state index in [0.717, 1.165) is 18.5 Å². The van der Waals surface area contributed by atoms with E-state index >= 15 is 0 Å². The summed E-state index contributed by atoms with van der Waals surface area (Å²) in [6.45, 7) is 6.86. The summed E-state index contributed by atoms with van der Waals surface area (Å²) in [6.07, 6.45) is 1.63. The zero-order chi connectivity index (χ0) is 12.9. The number of aryl methyl sites for hydroxylation is 1. The van der Waals surface area contributed by atoms with Gasteiger partial charge in [-0.25, -0.2) is 0 Å². The van der Waals surface area contributed by atoms with Crippen LogP contribution in [0.15, 0.2) is 24.3 Å². The molecule has 0 saturated carbocycles. The summed E-state index contributed by atoms with van der Waals surface area (Å²) in [5.41, 5.74) is 6.99. The Morgan fingerprint density at radius 3 is 2.29 bits per heavy atom. The first kappa shape index (κ1) is 13.7. The first-order valence-electron chi connectivity index (χ1n) is 6.19. The molecule has 94 valence electrons. The smallest absolute Gasteiger partial charge is 0.242 e. The number of primary amides is 1. The molecule has 0 bridgehead atoms. The lowest BCUT2D eigenvalue weighted by Gasteiger charge is -2.31. The van der Waals surface area contributed by atoms with Crippen LogP contribution in [0.25, 0.3) is 0 Å². The second kappa shape index (κ2) is 5.82. The maximum atomic E-state index is 11.8.